The van der Waals surface area contributed by atoms with Gasteiger partial charge in [0, 0.05) is 6.54 Å². The third-order valence-electron chi connectivity index (χ3n) is 5.83. The number of alkyl halides is 6. The number of ether oxygens (including phenoxy) is 2. The van der Waals surface area contributed by atoms with Crippen molar-refractivity contribution in [1.29, 1.82) is 0 Å². The summed E-state index contributed by atoms with van der Waals surface area (Å²) in [6, 6.07) is 4.97. The second kappa shape index (κ2) is 11.1. The molecule has 1 saturated heterocycles. The molecular formula is C22H20F7N4O6P. The molecule has 2 heterocycles. The van der Waals surface area contributed by atoms with Gasteiger partial charge in [-0.1, -0.05) is 12.1 Å². The number of morpholine rings is 1. The number of rotatable bonds is 7. The molecule has 0 bridgehead atoms. The minimum Gasteiger partial charge on any atom is -0.349 e. The number of halogens is 7. The number of H-pyrrole nitrogens is 1. The summed E-state index contributed by atoms with van der Waals surface area (Å²) in [5.74, 6) is -0.772. The van der Waals surface area contributed by atoms with E-state index in [2.05, 4.69) is 10.1 Å². The third kappa shape index (κ3) is 6.97. The molecule has 3 aromatic rings. The van der Waals surface area contributed by atoms with Gasteiger partial charge in [0.05, 0.1) is 36.9 Å². The number of aromatic amines is 1. The molecule has 1 aliphatic heterocycles. The van der Waals surface area contributed by atoms with Crippen molar-refractivity contribution in [3.05, 3.63) is 86.8 Å². The standard InChI is InChI=1S/C22H20F7N4O6P/c23-16-3-1-13(2-4-16)18-19(38-6-5-32(18)10-17-30-20(34)33(31-17)40(35,36)37)39-11-12-7-14(21(24,25)26)9-15(8-12)22(27,28)29/h1-4,7-9,18-19H,5-6,10-11H2,(H,30,31,34)(H2,35,36,37)/t18-,19+/m0/s1. The van der Waals surface area contributed by atoms with Gasteiger partial charge in [-0.2, -0.15) is 26.3 Å². The van der Waals surface area contributed by atoms with E-state index in [1.54, 1.807) is 4.90 Å². The lowest BCUT2D eigenvalue weighted by atomic mass is 10.0. The zero-order valence-electron chi connectivity index (χ0n) is 20.0. The van der Waals surface area contributed by atoms with E-state index in [1.165, 1.54) is 12.1 Å². The van der Waals surface area contributed by atoms with Crippen LogP contribution >= 0.6 is 7.75 Å². The second-order valence-electron chi connectivity index (χ2n) is 8.71. The fourth-order valence-corrected chi connectivity index (χ4v) is 4.62. The van der Waals surface area contributed by atoms with Crippen LogP contribution in [0.5, 0.6) is 0 Å². The number of nitrogens with zero attached hydrogens (tertiary/aromatic N) is 3. The molecule has 18 heteroatoms. The van der Waals surface area contributed by atoms with Crippen LogP contribution in [0.25, 0.3) is 0 Å². The highest BCUT2D eigenvalue weighted by atomic mass is 31.2. The first kappa shape index (κ1) is 29.9. The lowest BCUT2D eigenvalue weighted by molar-refractivity contribution is -0.218. The summed E-state index contributed by atoms with van der Waals surface area (Å²) in [5.41, 5.74) is -4.31. The van der Waals surface area contributed by atoms with Crippen molar-refractivity contribution in [2.75, 3.05) is 13.2 Å². The Bertz CT molecular complexity index is 1420. The van der Waals surface area contributed by atoms with Crippen LogP contribution in [0.2, 0.25) is 0 Å². The number of nitrogens with one attached hydrogen (secondary N) is 1. The molecule has 0 spiro atoms. The van der Waals surface area contributed by atoms with Crippen LogP contribution < -0.4 is 5.69 Å². The van der Waals surface area contributed by atoms with Crippen LogP contribution in [0.4, 0.5) is 30.7 Å². The number of aromatic nitrogens is 3. The average Bonchev–Trinajstić information content (AvgIpc) is 3.23. The number of hydrogen-bond donors (Lipinski definition) is 3. The minimum atomic E-state index is -5.06. The Morgan fingerprint density at radius 2 is 1.65 bits per heavy atom. The molecule has 40 heavy (non-hydrogen) atoms. The Morgan fingerprint density at radius 3 is 2.17 bits per heavy atom. The van der Waals surface area contributed by atoms with Crippen LogP contribution in [0.3, 0.4) is 0 Å². The van der Waals surface area contributed by atoms with Crippen LogP contribution in [0.1, 0.15) is 34.1 Å². The Balaban J connectivity index is 1.64. The molecule has 0 aliphatic carbocycles. The largest absolute Gasteiger partial charge is 0.454 e. The molecule has 0 saturated carbocycles. The van der Waals surface area contributed by atoms with Crippen molar-refractivity contribution in [2.45, 2.75) is 37.8 Å². The molecule has 1 aromatic heterocycles. The van der Waals surface area contributed by atoms with E-state index in [-0.39, 0.29) is 36.0 Å². The van der Waals surface area contributed by atoms with Gasteiger partial charge < -0.3 is 19.3 Å². The molecule has 1 fully saturated rings. The molecule has 0 amide bonds. The maximum atomic E-state index is 13.6. The first-order valence-corrected chi connectivity index (χ1v) is 12.8. The Labute approximate surface area is 220 Å². The molecule has 2 aromatic carbocycles. The van der Waals surface area contributed by atoms with E-state index < -0.39 is 67.2 Å². The lowest BCUT2D eigenvalue weighted by Gasteiger charge is -2.40. The van der Waals surface area contributed by atoms with E-state index in [4.69, 9.17) is 9.47 Å². The highest BCUT2D eigenvalue weighted by molar-refractivity contribution is 7.49. The van der Waals surface area contributed by atoms with Crippen molar-refractivity contribution < 1.29 is 54.6 Å². The average molecular weight is 600 g/mol. The molecule has 218 valence electrons. The van der Waals surface area contributed by atoms with Crippen molar-refractivity contribution in [3.63, 3.8) is 0 Å². The van der Waals surface area contributed by atoms with Crippen LogP contribution in [0.15, 0.2) is 47.3 Å². The van der Waals surface area contributed by atoms with Crippen molar-refractivity contribution in [1.82, 2.24) is 19.4 Å². The number of benzene rings is 2. The lowest BCUT2D eigenvalue weighted by Crippen LogP contribution is -2.46. The normalized spacial score (nSPS) is 19.2. The summed E-state index contributed by atoms with van der Waals surface area (Å²) in [4.78, 5) is 34.2. The summed E-state index contributed by atoms with van der Waals surface area (Å²) in [7, 11) is -5.06. The predicted octanol–water partition coefficient (Wildman–Crippen LogP) is 3.81. The van der Waals surface area contributed by atoms with E-state index in [0.29, 0.717) is 17.7 Å². The summed E-state index contributed by atoms with van der Waals surface area (Å²) < 4.78 is 116. The smallest absolute Gasteiger partial charge is 0.349 e. The van der Waals surface area contributed by atoms with Gasteiger partial charge in [-0.05, 0) is 41.5 Å². The molecule has 0 unspecified atom stereocenters. The van der Waals surface area contributed by atoms with Gasteiger partial charge in [0.1, 0.15) is 11.6 Å². The third-order valence-corrected chi connectivity index (χ3v) is 6.60. The van der Waals surface area contributed by atoms with Gasteiger partial charge in [0.2, 0.25) is 0 Å². The van der Waals surface area contributed by atoms with Gasteiger partial charge in [-0.3, -0.25) is 9.88 Å². The van der Waals surface area contributed by atoms with Gasteiger partial charge in [-0.15, -0.1) is 9.55 Å². The molecule has 0 radical (unpaired) electrons. The minimum absolute atomic E-state index is 0.0127. The Kier molecular flexibility index (Phi) is 8.27. The van der Waals surface area contributed by atoms with Crippen molar-refractivity contribution in [2.24, 2.45) is 0 Å². The maximum absolute atomic E-state index is 13.6. The Hall–Kier alpha value is -3.08. The molecule has 4 rings (SSSR count). The van der Waals surface area contributed by atoms with Crippen LogP contribution in [0, 0.1) is 5.82 Å². The van der Waals surface area contributed by atoms with Crippen LogP contribution in [-0.2, 0) is 39.5 Å². The van der Waals surface area contributed by atoms with E-state index in [1.807, 2.05) is 0 Å². The first-order valence-electron chi connectivity index (χ1n) is 11.3. The SMILES string of the molecule is O=c1[nH]c(CN2CCO[C@H](OCc3cc(C(F)(F)F)cc(C(F)(F)F)c3)[C@@H]2c2ccc(F)cc2)nn1P(=O)(O)O. The van der Waals surface area contributed by atoms with Crippen molar-refractivity contribution in [3.8, 4) is 0 Å². The highest BCUT2D eigenvalue weighted by Crippen LogP contribution is 2.38. The van der Waals surface area contributed by atoms with E-state index in [0.717, 1.165) is 12.1 Å². The monoisotopic (exact) mass is 600 g/mol. The number of hydrogen-bond acceptors (Lipinski definition) is 6. The summed E-state index contributed by atoms with van der Waals surface area (Å²) in [6.07, 6.45) is -11.4. The molecule has 3 N–H and O–H groups in total. The maximum Gasteiger partial charge on any atom is 0.454 e. The van der Waals surface area contributed by atoms with Crippen LogP contribution in [-0.4, -0.2) is 48.7 Å². The topological polar surface area (TPSA) is 130 Å². The predicted molar refractivity (Wildman–Crippen MR) is 121 cm³/mol. The van der Waals surface area contributed by atoms with Gasteiger partial charge in [0.25, 0.3) is 0 Å². The first-order chi connectivity index (χ1) is 18.5. The zero-order valence-corrected chi connectivity index (χ0v) is 20.9. The second-order valence-corrected chi connectivity index (χ2v) is 10.1. The summed E-state index contributed by atoms with van der Waals surface area (Å²) in [5, 5.41) is 3.59. The zero-order chi connectivity index (χ0) is 29.5. The Morgan fingerprint density at radius 1 is 1.05 bits per heavy atom. The molecule has 1 aliphatic rings. The quantitative estimate of drug-likeness (QED) is 0.276. The molecule has 2 atom stereocenters. The van der Waals surface area contributed by atoms with Gasteiger partial charge in [0.15, 0.2) is 6.29 Å². The molecule has 10 nitrogen and oxygen atoms in total. The summed E-state index contributed by atoms with van der Waals surface area (Å²) in [6.45, 7) is -0.904. The van der Waals surface area contributed by atoms with Gasteiger partial charge >= 0.3 is 25.8 Å². The summed E-state index contributed by atoms with van der Waals surface area (Å²) >= 11 is 0. The van der Waals surface area contributed by atoms with E-state index in [9.17, 15) is 49.9 Å². The fourth-order valence-electron chi connectivity index (χ4n) is 4.11. The van der Waals surface area contributed by atoms with E-state index >= 15 is 0 Å². The van der Waals surface area contributed by atoms with Crippen molar-refractivity contribution >= 4 is 7.75 Å². The fraction of sp³-hybridized carbons (Fsp3) is 0.364. The molecular weight excluding hydrogens is 580 g/mol. The van der Waals surface area contributed by atoms with Gasteiger partial charge in [-0.25, -0.2) is 13.8 Å². The highest BCUT2D eigenvalue weighted by Gasteiger charge is 2.38.